The molecule has 2 nitrogen and oxygen atoms in total. The van der Waals surface area contributed by atoms with Crippen molar-refractivity contribution < 1.29 is 4.39 Å². The van der Waals surface area contributed by atoms with Gasteiger partial charge in [0.1, 0.15) is 5.82 Å². The van der Waals surface area contributed by atoms with E-state index in [9.17, 15) is 4.39 Å². The number of para-hydroxylation sites is 1. The Morgan fingerprint density at radius 1 is 1.35 bits per heavy atom. The molecule has 1 unspecified atom stereocenters. The minimum Gasteiger partial charge on any atom is -0.382 e. The van der Waals surface area contributed by atoms with Gasteiger partial charge in [0.15, 0.2) is 0 Å². The first-order valence-corrected chi connectivity index (χ1v) is 6.57. The van der Waals surface area contributed by atoms with E-state index in [1.165, 1.54) is 25.3 Å². The van der Waals surface area contributed by atoms with Crippen molar-refractivity contribution in [3.8, 4) is 0 Å². The van der Waals surface area contributed by atoms with E-state index in [0.29, 0.717) is 11.6 Å². The number of rotatable bonds is 3. The summed E-state index contributed by atoms with van der Waals surface area (Å²) in [6, 6.07) is 6.10. The number of halogens is 1. The Balaban J connectivity index is 1.60. The molecule has 3 rings (SSSR count). The summed E-state index contributed by atoms with van der Waals surface area (Å²) >= 11 is 0. The molecular weight excluding hydrogens is 215 g/mol. The van der Waals surface area contributed by atoms with Crippen LogP contribution in [0.2, 0.25) is 0 Å². The lowest BCUT2D eigenvalue weighted by Gasteiger charge is -2.31. The Morgan fingerprint density at radius 3 is 3.00 bits per heavy atom. The minimum atomic E-state index is -0.118. The molecule has 0 aromatic heterocycles. The molecule has 0 amide bonds. The Labute approximate surface area is 102 Å². The van der Waals surface area contributed by atoms with Gasteiger partial charge in [0.05, 0.1) is 5.69 Å². The summed E-state index contributed by atoms with van der Waals surface area (Å²) in [5.74, 6) is 0.470. The second-order valence-electron chi connectivity index (χ2n) is 5.26. The lowest BCUT2D eigenvalue weighted by Crippen LogP contribution is -2.41. The Morgan fingerprint density at radius 2 is 2.24 bits per heavy atom. The fraction of sp³-hybridized carbons (Fsp3) is 0.571. The summed E-state index contributed by atoms with van der Waals surface area (Å²) in [7, 11) is 0. The maximum absolute atomic E-state index is 13.5. The van der Waals surface area contributed by atoms with Crippen LogP contribution in [0.15, 0.2) is 18.2 Å². The van der Waals surface area contributed by atoms with E-state index in [1.807, 2.05) is 6.07 Å². The van der Waals surface area contributed by atoms with Gasteiger partial charge in [0.25, 0.3) is 0 Å². The fourth-order valence-electron chi connectivity index (χ4n) is 2.66. The summed E-state index contributed by atoms with van der Waals surface area (Å²) < 4.78 is 13.5. The average molecular weight is 234 g/mol. The van der Waals surface area contributed by atoms with Gasteiger partial charge in [0, 0.05) is 19.1 Å². The van der Waals surface area contributed by atoms with Gasteiger partial charge in [-0.3, -0.25) is 0 Å². The molecule has 0 saturated heterocycles. The van der Waals surface area contributed by atoms with Gasteiger partial charge in [-0.15, -0.1) is 0 Å². The average Bonchev–Trinajstić information content (AvgIpc) is 2.27. The maximum Gasteiger partial charge on any atom is 0.146 e. The highest BCUT2D eigenvalue weighted by Crippen LogP contribution is 2.27. The molecule has 1 aliphatic carbocycles. The highest BCUT2D eigenvalue weighted by molar-refractivity contribution is 5.54. The normalized spacial score (nSPS) is 23.7. The van der Waals surface area contributed by atoms with Gasteiger partial charge >= 0.3 is 0 Å². The number of anilines is 1. The first-order chi connectivity index (χ1) is 8.33. The van der Waals surface area contributed by atoms with Crippen LogP contribution in [-0.4, -0.2) is 19.1 Å². The van der Waals surface area contributed by atoms with Crippen LogP contribution in [0.4, 0.5) is 10.1 Å². The SMILES string of the molecule is Fc1cccc2c1NCC(CNC1CCC1)C2. The van der Waals surface area contributed by atoms with Crippen molar-refractivity contribution in [2.75, 3.05) is 18.4 Å². The molecule has 1 saturated carbocycles. The van der Waals surface area contributed by atoms with E-state index in [4.69, 9.17) is 0 Å². The lowest BCUT2D eigenvalue weighted by molar-refractivity contribution is 0.316. The zero-order valence-corrected chi connectivity index (χ0v) is 10.0. The van der Waals surface area contributed by atoms with Crippen molar-refractivity contribution in [2.45, 2.75) is 31.7 Å². The molecule has 1 aliphatic heterocycles. The third-order valence-corrected chi connectivity index (χ3v) is 3.98. The fourth-order valence-corrected chi connectivity index (χ4v) is 2.66. The van der Waals surface area contributed by atoms with E-state index >= 15 is 0 Å². The Kier molecular flexibility index (Phi) is 3.02. The van der Waals surface area contributed by atoms with Crippen LogP contribution in [-0.2, 0) is 6.42 Å². The van der Waals surface area contributed by atoms with E-state index in [0.717, 1.165) is 31.1 Å². The summed E-state index contributed by atoms with van der Waals surface area (Å²) in [5.41, 5.74) is 1.84. The predicted octanol–water partition coefficient (Wildman–Crippen LogP) is 2.55. The summed E-state index contributed by atoms with van der Waals surface area (Å²) in [5, 5.41) is 6.83. The van der Waals surface area contributed by atoms with Crippen molar-refractivity contribution in [2.24, 2.45) is 5.92 Å². The van der Waals surface area contributed by atoms with Crippen molar-refractivity contribution >= 4 is 5.69 Å². The Hall–Kier alpha value is -1.09. The smallest absolute Gasteiger partial charge is 0.146 e. The van der Waals surface area contributed by atoms with Crippen LogP contribution in [0.1, 0.15) is 24.8 Å². The molecule has 3 heteroatoms. The molecule has 1 aromatic rings. The molecule has 0 spiro atoms. The molecule has 92 valence electrons. The van der Waals surface area contributed by atoms with Crippen molar-refractivity contribution in [1.82, 2.24) is 5.32 Å². The molecule has 1 heterocycles. The third-order valence-electron chi connectivity index (χ3n) is 3.98. The Bertz CT molecular complexity index is 401. The van der Waals surface area contributed by atoms with Crippen LogP contribution >= 0.6 is 0 Å². The van der Waals surface area contributed by atoms with Crippen LogP contribution in [0.5, 0.6) is 0 Å². The third kappa shape index (κ3) is 2.29. The number of benzene rings is 1. The number of nitrogens with one attached hydrogen (secondary N) is 2. The molecule has 1 fully saturated rings. The van der Waals surface area contributed by atoms with Gasteiger partial charge in [-0.1, -0.05) is 18.6 Å². The van der Waals surface area contributed by atoms with Gasteiger partial charge in [0.2, 0.25) is 0 Å². The minimum absolute atomic E-state index is 0.118. The molecule has 2 aliphatic rings. The molecule has 2 N–H and O–H groups in total. The van der Waals surface area contributed by atoms with E-state index in [-0.39, 0.29) is 5.82 Å². The monoisotopic (exact) mass is 234 g/mol. The number of hydrogen-bond acceptors (Lipinski definition) is 2. The summed E-state index contributed by atoms with van der Waals surface area (Å²) in [4.78, 5) is 0. The van der Waals surface area contributed by atoms with Crippen LogP contribution < -0.4 is 10.6 Å². The number of fused-ring (bicyclic) bond motifs is 1. The quantitative estimate of drug-likeness (QED) is 0.840. The summed E-state index contributed by atoms with van der Waals surface area (Å²) in [6.07, 6.45) is 5.01. The standard InChI is InChI=1S/C14H19FN2/c15-13-6-1-3-11-7-10(9-17-14(11)13)8-16-12-4-2-5-12/h1,3,6,10,12,16-17H,2,4-5,7-9H2. The second kappa shape index (κ2) is 4.65. The van der Waals surface area contributed by atoms with Crippen molar-refractivity contribution in [3.05, 3.63) is 29.6 Å². The second-order valence-corrected chi connectivity index (χ2v) is 5.26. The summed E-state index contributed by atoms with van der Waals surface area (Å²) in [6.45, 7) is 1.93. The van der Waals surface area contributed by atoms with E-state index in [2.05, 4.69) is 10.6 Å². The van der Waals surface area contributed by atoms with Crippen LogP contribution in [0.25, 0.3) is 0 Å². The van der Waals surface area contributed by atoms with Crippen LogP contribution in [0, 0.1) is 11.7 Å². The largest absolute Gasteiger partial charge is 0.382 e. The molecule has 1 atom stereocenters. The first-order valence-electron chi connectivity index (χ1n) is 6.57. The highest BCUT2D eigenvalue weighted by atomic mass is 19.1. The molecule has 0 radical (unpaired) electrons. The van der Waals surface area contributed by atoms with Gasteiger partial charge < -0.3 is 10.6 Å². The van der Waals surface area contributed by atoms with Gasteiger partial charge in [-0.2, -0.15) is 0 Å². The molecule has 0 bridgehead atoms. The lowest BCUT2D eigenvalue weighted by atomic mass is 9.90. The molecule has 1 aromatic carbocycles. The molecular formula is C14H19FN2. The van der Waals surface area contributed by atoms with Gasteiger partial charge in [-0.25, -0.2) is 4.39 Å². The van der Waals surface area contributed by atoms with E-state index < -0.39 is 0 Å². The number of hydrogen-bond donors (Lipinski definition) is 2. The zero-order chi connectivity index (χ0) is 11.7. The van der Waals surface area contributed by atoms with Crippen LogP contribution in [0.3, 0.4) is 0 Å². The van der Waals surface area contributed by atoms with Crippen molar-refractivity contribution in [1.29, 1.82) is 0 Å². The van der Waals surface area contributed by atoms with E-state index in [1.54, 1.807) is 6.07 Å². The first kappa shape index (κ1) is 11.0. The predicted molar refractivity (Wildman–Crippen MR) is 67.7 cm³/mol. The topological polar surface area (TPSA) is 24.1 Å². The molecule has 17 heavy (non-hydrogen) atoms. The van der Waals surface area contributed by atoms with Gasteiger partial charge in [-0.05, 0) is 36.8 Å². The highest BCUT2D eigenvalue weighted by Gasteiger charge is 2.22. The zero-order valence-electron chi connectivity index (χ0n) is 10.0. The van der Waals surface area contributed by atoms with Crippen molar-refractivity contribution in [3.63, 3.8) is 0 Å². The maximum atomic E-state index is 13.5.